The molecule has 4 heterocycles. The monoisotopic (exact) mass is 300 g/mol. The van der Waals surface area contributed by atoms with Gasteiger partial charge in [-0.05, 0) is 24.4 Å². The summed E-state index contributed by atoms with van der Waals surface area (Å²) < 4.78 is 8.72. The van der Waals surface area contributed by atoms with Gasteiger partial charge in [-0.25, -0.2) is 9.78 Å². The van der Waals surface area contributed by atoms with Crippen molar-refractivity contribution >= 4 is 34.4 Å². The van der Waals surface area contributed by atoms with Crippen LogP contribution in [0.3, 0.4) is 0 Å². The van der Waals surface area contributed by atoms with E-state index in [0.29, 0.717) is 17.8 Å². The molecule has 0 amide bonds. The van der Waals surface area contributed by atoms with Gasteiger partial charge in [0.1, 0.15) is 5.52 Å². The van der Waals surface area contributed by atoms with Gasteiger partial charge < -0.3 is 4.74 Å². The molecular formula is C11H10Cl2N4O2. The lowest BCUT2D eigenvalue weighted by molar-refractivity contribution is 0.113. The zero-order valence-corrected chi connectivity index (χ0v) is 11.6. The third kappa shape index (κ3) is 1.34. The molecular weight excluding hydrogens is 291 g/mol. The summed E-state index contributed by atoms with van der Waals surface area (Å²) in [6.07, 6.45) is 1.94. The number of rotatable bonds is 1. The van der Waals surface area contributed by atoms with E-state index in [1.807, 2.05) is 0 Å². The lowest BCUT2D eigenvalue weighted by Crippen LogP contribution is -2.48. The second-order valence-corrected chi connectivity index (χ2v) is 5.89. The first kappa shape index (κ1) is 11.7. The van der Waals surface area contributed by atoms with Gasteiger partial charge in [0, 0.05) is 7.05 Å². The van der Waals surface area contributed by atoms with Crippen molar-refractivity contribution in [2.75, 3.05) is 6.61 Å². The van der Waals surface area contributed by atoms with Gasteiger partial charge in [0.2, 0.25) is 5.28 Å². The zero-order valence-electron chi connectivity index (χ0n) is 10.1. The first-order valence-electron chi connectivity index (χ1n) is 5.94. The maximum Gasteiger partial charge on any atom is 0.330 e. The van der Waals surface area contributed by atoms with Gasteiger partial charge in [0.05, 0.1) is 18.2 Å². The van der Waals surface area contributed by atoms with E-state index < -0.39 is 0 Å². The summed E-state index contributed by atoms with van der Waals surface area (Å²) in [4.78, 5) is 20.6. The molecule has 2 bridgehead atoms. The molecule has 2 saturated heterocycles. The fraction of sp³-hybridized carbons (Fsp3) is 0.545. The van der Waals surface area contributed by atoms with E-state index in [1.165, 1.54) is 4.57 Å². The molecule has 0 spiro atoms. The fourth-order valence-electron chi connectivity index (χ4n) is 3.14. The molecule has 6 nitrogen and oxygen atoms in total. The Labute approximate surface area is 117 Å². The van der Waals surface area contributed by atoms with E-state index in [9.17, 15) is 4.79 Å². The third-order valence-corrected chi connectivity index (χ3v) is 4.53. The van der Waals surface area contributed by atoms with Gasteiger partial charge in [-0.3, -0.25) is 9.13 Å². The second kappa shape index (κ2) is 3.50. The van der Waals surface area contributed by atoms with Crippen LogP contribution in [0.25, 0.3) is 11.2 Å². The summed E-state index contributed by atoms with van der Waals surface area (Å²) in [6.45, 7) is 0.538. The molecule has 0 atom stereocenters. The Morgan fingerprint density at radius 1 is 1.37 bits per heavy atom. The first-order valence-corrected chi connectivity index (χ1v) is 6.70. The molecule has 8 heteroatoms. The molecule has 2 aromatic heterocycles. The van der Waals surface area contributed by atoms with Crippen molar-refractivity contribution in [1.82, 2.24) is 19.1 Å². The number of nitrogens with zero attached hydrogens (tertiary/aromatic N) is 4. The Balaban J connectivity index is 2.11. The van der Waals surface area contributed by atoms with Crippen molar-refractivity contribution in [3.05, 3.63) is 20.9 Å². The van der Waals surface area contributed by atoms with Crippen LogP contribution in [0.5, 0.6) is 0 Å². The standard InChI is InChI=1S/C11H10Cl2N4O2/c1-16-6-7(12)14-9(13)15-8(6)17(10(16)18)11-2-5(3-11)19-4-11/h5H,2-4H2,1H3. The number of hydrogen-bond acceptors (Lipinski definition) is 4. The van der Waals surface area contributed by atoms with Gasteiger partial charge >= 0.3 is 5.69 Å². The normalized spacial score (nSPS) is 28.9. The zero-order chi connectivity index (χ0) is 13.4. The van der Waals surface area contributed by atoms with E-state index in [0.717, 1.165) is 12.8 Å². The first-order chi connectivity index (χ1) is 9.02. The SMILES string of the molecule is Cn1c(=O)n(C23COC(C2)C3)c2nc(Cl)nc(Cl)c21. The van der Waals surface area contributed by atoms with E-state index >= 15 is 0 Å². The number of aryl methyl sites for hydroxylation is 1. The Morgan fingerprint density at radius 2 is 2.11 bits per heavy atom. The van der Waals surface area contributed by atoms with E-state index in [4.69, 9.17) is 27.9 Å². The maximum absolute atomic E-state index is 12.5. The van der Waals surface area contributed by atoms with Crippen molar-refractivity contribution in [2.24, 2.45) is 7.05 Å². The van der Waals surface area contributed by atoms with Gasteiger partial charge in [-0.1, -0.05) is 11.6 Å². The second-order valence-electron chi connectivity index (χ2n) is 5.20. The Bertz CT molecular complexity index is 755. The highest BCUT2D eigenvalue weighted by molar-refractivity contribution is 6.35. The van der Waals surface area contributed by atoms with Crippen molar-refractivity contribution in [2.45, 2.75) is 24.5 Å². The molecule has 0 aromatic carbocycles. The van der Waals surface area contributed by atoms with Crippen LogP contribution in [0, 0.1) is 0 Å². The van der Waals surface area contributed by atoms with Crippen LogP contribution in [0.2, 0.25) is 10.4 Å². The molecule has 2 aromatic rings. The lowest BCUT2D eigenvalue weighted by Gasteiger charge is -2.35. The number of ether oxygens (including phenoxy) is 1. The van der Waals surface area contributed by atoms with Crippen LogP contribution in [-0.4, -0.2) is 31.8 Å². The smallest absolute Gasteiger partial charge is 0.330 e. The van der Waals surface area contributed by atoms with Crippen LogP contribution in [-0.2, 0) is 17.3 Å². The highest BCUT2D eigenvalue weighted by Gasteiger charge is 2.55. The van der Waals surface area contributed by atoms with Gasteiger partial charge in [-0.2, -0.15) is 4.98 Å². The van der Waals surface area contributed by atoms with Crippen molar-refractivity contribution in [3.8, 4) is 0 Å². The minimum absolute atomic E-state index is 0.0445. The summed E-state index contributed by atoms with van der Waals surface area (Å²) in [6, 6.07) is 0. The molecule has 2 aliphatic heterocycles. The molecule has 0 unspecified atom stereocenters. The average Bonchev–Trinajstić information content (AvgIpc) is 2.92. The number of aromatic nitrogens is 4. The molecule has 0 N–H and O–H groups in total. The highest BCUT2D eigenvalue weighted by atomic mass is 35.5. The molecule has 1 saturated carbocycles. The summed E-state index contributed by atoms with van der Waals surface area (Å²) in [7, 11) is 1.66. The quantitative estimate of drug-likeness (QED) is 0.589. The van der Waals surface area contributed by atoms with Gasteiger partial charge in [-0.15, -0.1) is 0 Å². The number of halogens is 2. The molecule has 1 aliphatic carbocycles. The number of fused-ring (bicyclic) bond motifs is 2. The lowest BCUT2D eigenvalue weighted by atomic mass is 9.78. The van der Waals surface area contributed by atoms with Crippen molar-refractivity contribution < 1.29 is 4.74 Å². The highest BCUT2D eigenvalue weighted by Crippen LogP contribution is 2.48. The van der Waals surface area contributed by atoms with E-state index in [2.05, 4.69) is 9.97 Å². The topological polar surface area (TPSA) is 61.9 Å². The van der Waals surface area contributed by atoms with E-state index in [1.54, 1.807) is 11.6 Å². The molecule has 5 rings (SSSR count). The minimum atomic E-state index is -0.289. The average molecular weight is 301 g/mol. The van der Waals surface area contributed by atoms with Crippen molar-refractivity contribution in [3.63, 3.8) is 0 Å². The Morgan fingerprint density at radius 3 is 2.74 bits per heavy atom. The van der Waals surface area contributed by atoms with Gasteiger partial charge in [0.15, 0.2) is 10.8 Å². The third-order valence-electron chi connectivity index (χ3n) is 4.10. The Hall–Kier alpha value is -1.11. The number of hydrogen-bond donors (Lipinski definition) is 0. The fourth-order valence-corrected chi connectivity index (χ4v) is 3.64. The Kier molecular flexibility index (Phi) is 2.16. The molecule has 3 fully saturated rings. The van der Waals surface area contributed by atoms with Crippen molar-refractivity contribution in [1.29, 1.82) is 0 Å². The summed E-state index contributed by atoms with van der Waals surface area (Å²) in [5.74, 6) is 0. The van der Waals surface area contributed by atoms with Crippen LogP contribution in [0.15, 0.2) is 4.79 Å². The molecule has 19 heavy (non-hydrogen) atoms. The maximum atomic E-state index is 12.5. The molecule has 0 radical (unpaired) electrons. The van der Waals surface area contributed by atoms with Crippen LogP contribution in [0.4, 0.5) is 0 Å². The molecule has 100 valence electrons. The summed E-state index contributed by atoms with van der Waals surface area (Å²) in [5, 5.41) is 0.238. The van der Waals surface area contributed by atoms with E-state index in [-0.39, 0.29) is 27.8 Å². The van der Waals surface area contributed by atoms with Crippen LogP contribution >= 0.6 is 23.2 Å². The predicted octanol–water partition coefficient (Wildman–Crippen LogP) is 1.32. The minimum Gasteiger partial charge on any atom is -0.376 e. The summed E-state index contributed by atoms with van der Waals surface area (Å²) in [5.41, 5.74) is 0.557. The molecule has 3 aliphatic rings. The van der Waals surface area contributed by atoms with Crippen LogP contribution in [0.1, 0.15) is 12.8 Å². The van der Waals surface area contributed by atoms with Gasteiger partial charge in [0.25, 0.3) is 0 Å². The largest absolute Gasteiger partial charge is 0.376 e. The van der Waals surface area contributed by atoms with Crippen LogP contribution < -0.4 is 5.69 Å². The predicted molar refractivity (Wildman–Crippen MR) is 69.7 cm³/mol. The summed E-state index contributed by atoms with van der Waals surface area (Å²) >= 11 is 11.9. The number of imidazole rings is 1.